The SMILES string of the molecule is c1ccc2c(c1)CN(C1CCCCC1)CN2. The Labute approximate surface area is 97.6 Å². The van der Waals surface area contributed by atoms with Crippen molar-refractivity contribution in [3.63, 3.8) is 0 Å². The van der Waals surface area contributed by atoms with Crippen molar-refractivity contribution in [3.05, 3.63) is 29.8 Å². The van der Waals surface area contributed by atoms with Gasteiger partial charge < -0.3 is 5.32 Å². The van der Waals surface area contributed by atoms with Gasteiger partial charge in [0, 0.05) is 18.3 Å². The lowest BCUT2D eigenvalue weighted by atomic mass is 9.93. The first-order valence-electron chi connectivity index (χ1n) is 6.49. The topological polar surface area (TPSA) is 15.3 Å². The molecule has 1 aromatic carbocycles. The van der Waals surface area contributed by atoms with Gasteiger partial charge in [-0.05, 0) is 24.5 Å². The molecule has 1 aliphatic heterocycles. The minimum absolute atomic E-state index is 0.814. The van der Waals surface area contributed by atoms with Crippen LogP contribution in [0.25, 0.3) is 0 Å². The molecule has 0 atom stereocenters. The van der Waals surface area contributed by atoms with E-state index in [1.807, 2.05) is 0 Å². The monoisotopic (exact) mass is 216 g/mol. The van der Waals surface area contributed by atoms with Gasteiger partial charge in [-0.25, -0.2) is 0 Å². The number of hydrogen-bond acceptors (Lipinski definition) is 2. The normalized spacial score (nSPS) is 22.5. The van der Waals surface area contributed by atoms with Crippen LogP contribution in [0, 0.1) is 0 Å². The van der Waals surface area contributed by atoms with Crippen molar-refractivity contribution < 1.29 is 0 Å². The second-order valence-electron chi connectivity index (χ2n) is 5.03. The minimum atomic E-state index is 0.814. The molecule has 2 nitrogen and oxygen atoms in total. The quantitative estimate of drug-likeness (QED) is 0.775. The molecule has 0 spiro atoms. The molecule has 16 heavy (non-hydrogen) atoms. The standard InChI is InChI=1S/C14H20N2/c1-2-7-13(8-3-1)16-10-12-6-4-5-9-14(12)15-11-16/h4-6,9,13,15H,1-3,7-8,10-11H2. The molecule has 1 heterocycles. The maximum Gasteiger partial charge on any atom is 0.0683 e. The van der Waals surface area contributed by atoms with Crippen LogP contribution in [0.2, 0.25) is 0 Å². The third-order valence-electron chi connectivity index (χ3n) is 3.95. The molecule has 1 aliphatic carbocycles. The van der Waals surface area contributed by atoms with Gasteiger partial charge in [0.05, 0.1) is 6.67 Å². The molecular formula is C14H20N2. The summed E-state index contributed by atoms with van der Waals surface area (Å²) in [7, 11) is 0. The molecular weight excluding hydrogens is 196 g/mol. The fraction of sp³-hybridized carbons (Fsp3) is 0.571. The van der Waals surface area contributed by atoms with Crippen LogP contribution in [-0.4, -0.2) is 17.6 Å². The molecule has 1 N–H and O–H groups in total. The maximum atomic E-state index is 3.54. The summed E-state index contributed by atoms with van der Waals surface area (Å²) in [6.45, 7) is 2.16. The zero-order chi connectivity index (χ0) is 10.8. The van der Waals surface area contributed by atoms with Gasteiger partial charge >= 0.3 is 0 Å². The van der Waals surface area contributed by atoms with Crippen LogP contribution in [0.15, 0.2) is 24.3 Å². The first-order chi connectivity index (χ1) is 7.93. The van der Waals surface area contributed by atoms with Gasteiger partial charge in [-0.2, -0.15) is 0 Å². The zero-order valence-corrected chi connectivity index (χ0v) is 9.78. The van der Waals surface area contributed by atoms with Gasteiger partial charge in [-0.1, -0.05) is 37.5 Å². The second kappa shape index (κ2) is 4.46. The molecule has 0 bridgehead atoms. The molecule has 86 valence electrons. The van der Waals surface area contributed by atoms with Gasteiger partial charge in [-0.3, -0.25) is 4.90 Å². The fourth-order valence-electron chi connectivity index (χ4n) is 3.00. The largest absolute Gasteiger partial charge is 0.372 e. The molecule has 0 unspecified atom stereocenters. The Balaban J connectivity index is 1.72. The van der Waals surface area contributed by atoms with Crippen LogP contribution < -0.4 is 5.32 Å². The molecule has 2 aliphatic rings. The van der Waals surface area contributed by atoms with Crippen molar-refractivity contribution >= 4 is 5.69 Å². The molecule has 0 saturated heterocycles. The van der Waals surface area contributed by atoms with Gasteiger partial charge in [0.2, 0.25) is 0 Å². The summed E-state index contributed by atoms with van der Waals surface area (Å²) >= 11 is 0. The van der Waals surface area contributed by atoms with E-state index in [1.165, 1.54) is 43.4 Å². The smallest absolute Gasteiger partial charge is 0.0683 e. The Morgan fingerprint density at radius 2 is 1.88 bits per heavy atom. The highest BCUT2D eigenvalue weighted by Gasteiger charge is 2.24. The second-order valence-corrected chi connectivity index (χ2v) is 5.03. The van der Waals surface area contributed by atoms with Crippen LogP contribution in [0.3, 0.4) is 0 Å². The Hall–Kier alpha value is -1.02. The van der Waals surface area contributed by atoms with Crippen LogP contribution in [0.1, 0.15) is 37.7 Å². The molecule has 1 aromatic rings. The third kappa shape index (κ3) is 1.94. The molecule has 2 heteroatoms. The number of nitrogens with one attached hydrogen (secondary N) is 1. The summed E-state index contributed by atoms with van der Waals surface area (Å²) in [5.41, 5.74) is 2.79. The van der Waals surface area contributed by atoms with E-state index in [0.717, 1.165) is 19.3 Å². The van der Waals surface area contributed by atoms with Crippen molar-refractivity contribution in [2.75, 3.05) is 12.0 Å². The van der Waals surface area contributed by atoms with E-state index >= 15 is 0 Å². The predicted octanol–water partition coefficient (Wildman–Crippen LogP) is 3.20. The number of fused-ring (bicyclic) bond motifs is 1. The van der Waals surface area contributed by atoms with Gasteiger partial charge in [0.15, 0.2) is 0 Å². The van der Waals surface area contributed by atoms with Crippen molar-refractivity contribution in [1.29, 1.82) is 0 Å². The van der Waals surface area contributed by atoms with Crippen molar-refractivity contribution in [3.8, 4) is 0 Å². The Morgan fingerprint density at radius 3 is 2.75 bits per heavy atom. The van der Waals surface area contributed by atoms with Gasteiger partial charge in [-0.15, -0.1) is 0 Å². The first-order valence-corrected chi connectivity index (χ1v) is 6.49. The number of nitrogens with zero attached hydrogens (tertiary/aromatic N) is 1. The predicted molar refractivity (Wildman–Crippen MR) is 67.3 cm³/mol. The summed E-state index contributed by atoms with van der Waals surface area (Å²) in [6.07, 6.45) is 7.06. The van der Waals surface area contributed by atoms with Gasteiger partial charge in [0.25, 0.3) is 0 Å². The zero-order valence-electron chi connectivity index (χ0n) is 9.78. The Bertz CT molecular complexity index is 356. The van der Waals surface area contributed by atoms with E-state index in [9.17, 15) is 0 Å². The van der Waals surface area contributed by atoms with E-state index < -0.39 is 0 Å². The first kappa shape index (κ1) is 10.2. The number of para-hydroxylation sites is 1. The summed E-state index contributed by atoms with van der Waals surface area (Å²) < 4.78 is 0. The lowest BCUT2D eigenvalue weighted by Gasteiger charge is -2.38. The molecule has 3 rings (SSSR count). The van der Waals surface area contributed by atoms with E-state index in [4.69, 9.17) is 0 Å². The van der Waals surface area contributed by atoms with Crippen molar-refractivity contribution in [1.82, 2.24) is 4.90 Å². The summed E-state index contributed by atoms with van der Waals surface area (Å²) in [4.78, 5) is 2.61. The Morgan fingerprint density at radius 1 is 1.06 bits per heavy atom. The molecule has 1 fully saturated rings. The lowest BCUT2D eigenvalue weighted by Crippen LogP contribution is -2.42. The summed E-state index contributed by atoms with van der Waals surface area (Å²) in [5.74, 6) is 0. The fourth-order valence-corrected chi connectivity index (χ4v) is 3.00. The van der Waals surface area contributed by atoms with Crippen molar-refractivity contribution in [2.24, 2.45) is 0 Å². The number of anilines is 1. The van der Waals surface area contributed by atoms with E-state index in [0.29, 0.717) is 0 Å². The molecule has 0 aromatic heterocycles. The molecule has 1 saturated carbocycles. The highest BCUT2D eigenvalue weighted by atomic mass is 15.3. The average molecular weight is 216 g/mol. The van der Waals surface area contributed by atoms with Crippen LogP contribution in [-0.2, 0) is 6.54 Å². The highest BCUT2D eigenvalue weighted by Crippen LogP contribution is 2.28. The van der Waals surface area contributed by atoms with Crippen molar-refractivity contribution in [2.45, 2.75) is 44.7 Å². The van der Waals surface area contributed by atoms with Crippen LogP contribution in [0.5, 0.6) is 0 Å². The third-order valence-corrected chi connectivity index (χ3v) is 3.95. The molecule has 0 radical (unpaired) electrons. The van der Waals surface area contributed by atoms with Gasteiger partial charge in [0.1, 0.15) is 0 Å². The summed E-state index contributed by atoms with van der Waals surface area (Å²) in [6, 6.07) is 9.51. The van der Waals surface area contributed by atoms with E-state index in [-0.39, 0.29) is 0 Å². The minimum Gasteiger partial charge on any atom is -0.372 e. The average Bonchev–Trinajstić information content (AvgIpc) is 2.39. The Kier molecular flexibility index (Phi) is 2.83. The van der Waals surface area contributed by atoms with E-state index in [2.05, 4.69) is 34.5 Å². The summed E-state index contributed by atoms with van der Waals surface area (Å²) in [5, 5.41) is 3.54. The van der Waals surface area contributed by atoms with Crippen LogP contribution >= 0.6 is 0 Å². The lowest BCUT2D eigenvalue weighted by molar-refractivity contribution is 0.154. The van der Waals surface area contributed by atoms with E-state index in [1.54, 1.807) is 0 Å². The number of benzene rings is 1. The van der Waals surface area contributed by atoms with Crippen LogP contribution in [0.4, 0.5) is 5.69 Å². The molecule has 0 amide bonds. The number of rotatable bonds is 1. The maximum absolute atomic E-state index is 3.54. The highest BCUT2D eigenvalue weighted by molar-refractivity contribution is 5.52. The number of hydrogen-bond donors (Lipinski definition) is 1.